The summed E-state index contributed by atoms with van der Waals surface area (Å²) in [5.41, 5.74) is 1.97. The number of hydrogen-bond donors (Lipinski definition) is 1. The van der Waals surface area contributed by atoms with Gasteiger partial charge in [-0.15, -0.1) is 11.3 Å². The summed E-state index contributed by atoms with van der Waals surface area (Å²) >= 11 is 5.14. The molecule has 0 fully saturated rings. The van der Waals surface area contributed by atoms with Gasteiger partial charge in [0, 0.05) is 15.8 Å². The number of rotatable bonds is 4. The van der Waals surface area contributed by atoms with Crippen LogP contribution in [0.25, 0.3) is 0 Å². The standard InChI is InChI=1S/C14H15BrO2S/c1-9-7-10(3-4-13(9)17-2)12(16)8-14-11(15)5-6-18-14/h3-7,12,16H,8H2,1-2H3. The number of aliphatic hydroxyl groups is 1. The lowest BCUT2D eigenvalue weighted by molar-refractivity contribution is 0.179. The second kappa shape index (κ2) is 5.87. The molecule has 4 heteroatoms. The molecule has 1 atom stereocenters. The zero-order valence-electron chi connectivity index (χ0n) is 10.3. The minimum Gasteiger partial charge on any atom is -0.496 e. The van der Waals surface area contributed by atoms with Gasteiger partial charge >= 0.3 is 0 Å². The van der Waals surface area contributed by atoms with Crippen LogP contribution in [0.4, 0.5) is 0 Å². The van der Waals surface area contributed by atoms with E-state index in [0.717, 1.165) is 26.2 Å². The molecular formula is C14H15BrO2S. The Bertz CT molecular complexity index is 536. The van der Waals surface area contributed by atoms with Gasteiger partial charge in [0.1, 0.15) is 5.75 Å². The quantitative estimate of drug-likeness (QED) is 0.916. The molecule has 18 heavy (non-hydrogen) atoms. The van der Waals surface area contributed by atoms with Gasteiger partial charge in [-0.3, -0.25) is 0 Å². The first kappa shape index (κ1) is 13.6. The van der Waals surface area contributed by atoms with Crippen molar-refractivity contribution in [3.8, 4) is 5.75 Å². The molecule has 0 saturated carbocycles. The molecule has 0 amide bonds. The lowest BCUT2D eigenvalue weighted by atomic mass is 10.0. The van der Waals surface area contributed by atoms with Gasteiger partial charge in [-0.2, -0.15) is 0 Å². The van der Waals surface area contributed by atoms with Crippen LogP contribution in [0.2, 0.25) is 0 Å². The van der Waals surface area contributed by atoms with Gasteiger partial charge in [0.15, 0.2) is 0 Å². The number of thiophene rings is 1. The van der Waals surface area contributed by atoms with E-state index in [4.69, 9.17) is 4.74 Å². The number of methoxy groups -OCH3 is 1. The highest BCUT2D eigenvalue weighted by Crippen LogP contribution is 2.29. The molecule has 1 unspecified atom stereocenters. The van der Waals surface area contributed by atoms with Gasteiger partial charge in [0.25, 0.3) is 0 Å². The Labute approximate surface area is 119 Å². The maximum atomic E-state index is 10.2. The third-order valence-corrected chi connectivity index (χ3v) is 4.82. The van der Waals surface area contributed by atoms with Crippen molar-refractivity contribution in [2.75, 3.05) is 7.11 Å². The van der Waals surface area contributed by atoms with Crippen molar-refractivity contribution in [2.24, 2.45) is 0 Å². The van der Waals surface area contributed by atoms with Gasteiger partial charge in [0.05, 0.1) is 13.2 Å². The first-order chi connectivity index (χ1) is 8.61. The summed E-state index contributed by atoms with van der Waals surface area (Å²) in [6.45, 7) is 1.98. The predicted octanol–water partition coefficient (Wildman–Crippen LogP) is 4.10. The molecule has 2 aromatic rings. The summed E-state index contributed by atoms with van der Waals surface area (Å²) in [6.07, 6.45) is 0.147. The van der Waals surface area contributed by atoms with Crippen LogP contribution >= 0.6 is 27.3 Å². The summed E-state index contributed by atoms with van der Waals surface area (Å²) in [7, 11) is 1.65. The van der Waals surface area contributed by atoms with Crippen molar-refractivity contribution in [2.45, 2.75) is 19.4 Å². The molecule has 96 valence electrons. The largest absolute Gasteiger partial charge is 0.496 e. The Kier molecular flexibility index (Phi) is 4.43. The van der Waals surface area contributed by atoms with Gasteiger partial charge < -0.3 is 9.84 Å². The Morgan fingerprint density at radius 2 is 2.17 bits per heavy atom. The fraction of sp³-hybridized carbons (Fsp3) is 0.286. The van der Waals surface area contributed by atoms with E-state index in [9.17, 15) is 5.11 Å². The molecule has 0 aliphatic heterocycles. The molecule has 0 aliphatic rings. The zero-order chi connectivity index (χ0) is 13.1. The van der Waals surface area contributed by atoms with Crippen LogP contribution in [0.3, 0.4) is 0 Å². The molecule has 2 rings (SSSR count). The number of aryl methyl sites for hydroxylation is 1. The van der Waals surface area contributed by atoms with Gasteiger partial charge in [-0.05, 0) is 57.6 Å². The molecule has 1 heterocycles. The Hall–Kier alpha value is -0.840. The third kappa shape index (κ3) is 2.94. The lowest BCUT2D eigenvalue weighted by Crippen LogP contribution is -2.01. The molecule has 0 spiro atoms. The summed E-state index contributed by atoms with van der Waals surface area (Å²) in [6, 6.07) is 7.80. The molecular weight excluding hydrogens is 312 g/mol. The Morgan fingerprint density at radius 3 is 2.72 bits per heavy atom. The molecule has 1 N–H and O–H groups in total. The molecule has 0 radical (unpaired) electrons. The van der Waals surface area contributed by atoms with Gasteiger partial charge in [-0.25, -0.2) is 0 Å². The van der Waals surface area contributed by atoms with E-state index in [1.165, 1.54) is 0 Å². The first-order valence-corrected chi connectivity index (χ1v) is 7.33. The van der Waals surface area contributed by atoms with E-state index < -0.39 is 6.10 Å². The molecule has 0 bridgehead atoms. The van der Waals surface area contributed by atoms with E-state index in [1.54, 1.807) is 18.4 Å². The number of aliphatic hydroxyl groups excluding tert-OH is 1. The van der Waals surface area contributed by atoms with E-state index in [1.807, 2.05) is 36.6 Å². The van der Waals surface area contributed by atoms with Crippen molar-refractivity contribution in [1.82, 2.24) is 0 Å². The number of hydrogen-bond acceptors (Lipinski definition) is 3. The van der Waals surface area contributed by atoms with Crippen LogP contribution in [0.15, 0.2) is 34.1 Å². The van der Waals surface area contributed by atoms with Crippen molar-refractivity contribution >= 4 is 27.3 Å². The van der Waals surface area contributed by atoms with Crippen LogP contribution in [0.5, 0.6) is 5.75 Å². The zero-order valence-corrected chi connectivity index (χ0v) is 12.7. The Morgan fingerprint density at radius 1 is 1.39 bits per heavy atom. The van der Waals surface area contributed by atoms with Crippen LogP contribution in [-0.2, 0) is 6.42 Å². The van der Waals surface area contributed by atoms with Crippen LogP contribution in [-0.4, -0.2) is 12.2 Å². The van der Waals surface area contributed by atoms with Crippen molar-refractivity contribution in [3.05, 3.63) is 50.1 Å². The molecule has 0 saturated heterocycles. The van der Waals surface area contributed by atoms with Gasteiger partial charge in [-0.1, -0.05) is 6.07 Å². The predicted molar refractivity (Wildman–Crippen MR) is 78.4 cm³/mol. The van der Waals surface area contributed by atoms with Crippen molar-refractivity contribution < 1.29 is 9.84 Å². The normalized spacial score (nSPS) is 12.4. The molecule has 2 nitrogen and oxygen atoms in total. The molecule has 1 aromatic carbocycles. The maximum absolute atomic E-state index is 10.2. The van der Waals surface area contributed by atoms with E-state index in [-0.39, 0.29) is 0 Å². The van der Waals surface area contributed by atoms with E-state index >= 15 is 0 Å². The maximum Gasteiger partial charge on any atom is 0.121 e. The Balaban J connectivity index is 2.16. The average molecular weight is 327 g/mol. The molecule has 1 aromatic heterocycles. The highest BCUT2D eigenvalue weighted by molar-refractivity contribution is 9.10. The lowest BCUT2D eigenvalue weighted by Gasteiger charge is -2.13. The van der Waals surface area contributed by atoms with Crippen molar-refractivity contribution in [3.63, 3.8) is 0 Å². The van der Waals surface area contributed by atoms with Crippen LogP contribution < -0.4 is 4.74 Å². The summed E-state index contributed by atoms with van der Waals surface area (Å²) < 4.78 is 6.28. The SMILES string of the molecule is COc1ccc(C(O)Cc2sccc2Br)cc1C. The van der Waals surface area contributed by atoms with Crippen molar-refractivity contribution in [1.29, 1.82) is 0 Å². The average Bonchev–Trinajstić information content (AvgIpc) is 2.75. The highest BCUT2D eigenvalue weighted by atomic mass is 79.9. The monoisotopic (exact) mass is 326 g/mol. The molecule has 0 aliphatic carbocycles. The second-order valence-corrected chi connectivity index (χ2v) is 6.00. The number of halogens is 1. The van der Waals surface area contributed by atoms with E-state index in [0.29, 0.717) is 6.42 Å². The minimum absolute atomic E-state index is 0.482. The second-order valence-electron chi connectivity index (χ2n) is 4.14. The highest BCUT2D eigenvalue weighted by Gasteiger charge is 2.13. The summed E-state index contributed by atoms with van der Waals surface area (Å²) in [4.78, 5) is 1.16. The van der Waals surface area contributed by atoms with Crippen LogP contribution in [0.1, 0.15) is 22.1 Å². The summed E-state index contributed by atoms with van der Waals surface area (Å²) in [5.74, 6) is 0.850. The minimum atomic E-state index is -0.482. The third-order valence-electron chi connectivity index (χ3n) is 2.87. The first-order valence-electron chi connectivity index (χ1n) is 5.66. The summed E-state index contributed by atoms with van der Waals surface area (Å²) in [5, 5.41) is 12.3. The number of ether oxygens (including phenoxy) is 1. The fourth-order valence-corrected chi connectivity index (χ4v) is 3.43. The topological polar surface area (TPSA) is 29.5 Å². The number of benzene rings is 1. The smallest absolute Gasteiger partial charge is 0.121 e. The van der Waals surface area contributed by atoms with E-state index in [2.05, 4.69) is 15.9 Å². The van der Waals surface area contributed by atoms with Crippen LogP contribution in [0, 0.1) is 6.92 Å². The van der Waals surface area contributed by atoms with Gasteiger partial charge in [0.2, 0.25) is 0 Å². The fourth-order valence-electron chi connectivity index (χ4n) is 1.87.